The van der Waals surface area contributed by atoms with Crippen molar-refractivity contribution < 1.29 is 9.72 Å². The molecule has 0 aliphatic rings. The van der Waals surface area contributed by atoms with Crippen molar-refractivity contribution in [2.24, 2.45) is 5.10 Å². The van der Waals surface area contributed by atoms with E-state index in [0.29, 0.717) is 5.56 Å². The number of carbonyl (C=O) groups excluding carboxylic acids is 1. The van der Waals surface area contributed by atoms with Gasteiger partial charge in [-0.15, -0.1) is 0 Å². The monoisotopic (exact) mass is 475 g/mol. The van der Waals surface area contributed by atoms with Gasteiger partial charge in [0.2, 0.25) is 0 Å². The predicted molar refractivity (Wildman–Crippen MR) is 139 cm³/mol. The third-order valence-electron chi connectivity index (χ3n) is 5.81. The summed E-state index contributed by atoms with van der Waals surface area (Å²) in [4.78, 5) is 23.5. The molecule has 4 aromatic carbocycles. The minimum atomic E-state index is -0.495. The van der Waals surface area contributed by atoms with Crippen molar-refractivity contribution in [1.82, 2.24) is 15.2 Å². The number of benzene rings is 4. The number of nitro benzene ring substituents is 1. The van der Waals surface area contributed by atoms with Gasteiger partial charge in [0.25, 0.3) is 11.6 Å². The Morgan fingerprint density at radius 1 is 0.972 bits per heavy atom. The van der Waals surface area contributed by atoms with Crippen LogP contribution in [0.25, 0.3) is 27.7 Å². The smallest absolute Gasteiger partial charge is 0.265 e. The molecule has 0 aliphatic carbocycles. The topological polar surface area (TPSA) is 102 Å². The van der Waals surface area contributed by atoms with Gasteiger partial charge in [0, 0.05) is 23.3 Å². The van der Waals surface area contributed by atoms with Gasteiger partial charge in [-0.2, -0.15) is 10.2 Å². The summed E-state index contributed by atoms with van der Waals surface area (Å²) in [5.74, 6) is -0.495. The van der Waals surface area contributed by atoms with Crippen molar-refractivity contribution in [3.05, 3.63) is 124 Å². The van der Waals surface area contributed by atoms with Crippen molar-refractivity contribution in [3.8, 4) is 16.9 Å². The average Bonchev–Trinajstić information content (AvgIpc) is 3.34. The van der Waals surface area contributed by atoms with E-state index in [1.54, 1.807) is 22.9 Å². The first-order valence-electron chi connectivity index (χ1n) is 11.2. The number of amides is 1. The fourth-order valence-electron chi connectivity index (χ4n) is 4.06. The Labute approximate surface area is 206 Å². The number of hydrogen-bond acceptors (Lipinski definition) is 5. The fourth-order valence-corrected chi connectivity index (χ4v) is 4.06. The van der Waals surface area contributed by atoms with Crippen LogP contribution in [0.4, 0.5) is 5.69 Å². The first-order valence-corrected chi connectivity index (χ1v) is 11.2. The summed E-state index contributed by atoms with van der Waals surface area (Å²) in [7, 11) is 0. The van der Waals surface area contributed by atoms with E-state index < -0.39 is 10.8 Å². The second kappa shape index (κ2) is 9.63. The van der Waals surface area contributed by atoms with Crippen LogP contribution >= 0.6 is 0 Å². The lowest BCUT2D eigenvalue weighted by Gasteiger charge is -2.12. The summed E-state index contributed by atoms with van der Waals surface area (Å²) < 4.78 is 1.77. The van der Waals surface area contributed by atoms with Gasteiger partial charge in [0.1, 0.15) is 0 Å². The number of carbonyl (C=O) groups is 1. The summed E-state index contributed by atoms with van der Waals surface area (Å²) in [5.41, 5.74) is 6.70. The van der Waals surface area contributed by atoms with Gasteiger partial charge in [-0.05, 0) is 35.4 Å². The number of aromatic nitrogens is 2. The number of nitrogens with zero attached hydrogens (tertiary/aromatic N) is 4. The maximum absolute atomic E-state index is 13.0. The van der Waals surface area contributed by atoms with Gasteiger partial charge in [-0.25, -0.2) is 10.1 Å². The number of hydrazone groups is 1. The van der Waals surface area contributed by atoms with Crippen molar-refractivity contribution in [2.75, 3.05) is 0 Å². The molecule has 0 saturated heterocycles. The van der Waals surface area contributed by atoms with Crippen LogP contribution in [0.3, 0.4) is 0 Å². The molecular formula is C28H21N5O3. The molecule has 0 fully saturated rings. The van der Waals surface area contributed by atoms with Gasteiger partial charge in [-0.1, -0.05) is 72.8 Å². The Balaban J connectivity index is 1.52. The van der Waals surface area contributed by atoms with Crippen LogP contribution in [0, 0.1) is 17.0 Å². The standard InChI is InChI=1S/C28H21N5O3/c1-19-8-2-5-15-26(19)32-27(24-14-7-11-21-10-3-4-13-23(21)24)17-25(31-32)28(34)30-29-18-20-9-6-12-22(16-20)33(35)36/h2-18H,1H3,(H,30,34)/b29-18-. The van der Waals surface area contributed by atoms with Crippen LogP contribution in [0.1, 0.15) is 21.6 Å². The molecule has 1 amide bonds. The number of nitro groups is 1. The number of rotatable bonds is 6. The zero-order valence-electron chi connectivity index (χ0n) is 19.3. The van der Waals surface area contributed by atoms with Crippen molar-refractivity contribution >= 4 is 28.6 Å². The molecule has 5 rings (SSSR count). The molecule has 1 heterocycles. The van der Waals surface area contributed by atoms with Crippen molar-refractivity contribution in [3.63, 3.8) is 0 Å². The third-order valence-corrected chi connectivity index (χ3v) is 5.81. The summed E-state index contributed by atoms with van der Waals surface area (Å²) in [6.45, 7) is 1.99. The zero-order chi connectivity index (χ0) is 25.1. The van der Waals surface area contributed by atoms with E-state index in [2.05, 4.69) is 15.6 Å². The molecule has 0 radical (unpaired) electrons. The van der Waals surface area contributed by atoms with E-state index in [4.69, 9.17) is 0 Å². The molecule has 0 atom stereocenters. The maximum Gasteiger partial charge on any atom is 0.291 e. The van der Waals surface area contributed by atoms with Crippen LogP contribution in [-0.2, 0) is 0 Å². The normalized spacial score (nSPS) is 11.1. The molecular weight excluding hydrogens is 454 g/mol. The lowest BCUT2D eigenvalue weighted by molar-refractivity contribution is -0.384. The second-order valence-corrected chi connectivity index (χ2v) is 8.19. The maximum atomic E-state index is 13.0. The van der Waals surface area contributed by atoms with E-state index in [1.807, 2.05) is 73.7 Å². The highest BCUT2D eigenvalue weighted by Crippen LogP contribution is 2.31. The van der Waals surface area contributed by atoms with E-state index in [9.17, 15) is 14.9 Å². The van der Waals surface area contributed by atoms with Gasteiger partial charge >= 0.3 is 0 Å². The summed E-state index contributed by atoms with van der Waals surface area (Å²) >= 11 is 0. The molecule has 1 N–H and O–H groups in total. The lowest BCUT2D eigenvalue weighted by Crippen LogP contribution is -2.18. The lowest BCUT2D eigenvalue weighted by atomic mass is 10.0. The van der Waals surface area contributed by atoms with Crippen LogP contribution in [0.2, 0.25) is 0 Å². The van der Waals surface area contributed by atoms with Gasteiger partial charge in [0.05, 0.1) is 22.5 Å². The van der Waals surface area contributed by atoms with Crippen LogP contribution in [0.15, 0.2) is 102 Å². The van der Waals surface area contributed by atoms with E-state index in [-0.39, 0.29) is 11.4 Å². The van der Waals surface area contributed by atoms with Crippen LogP contribution in [0.5, 0.6) is 0 Å². The quantitative estimate of drug-likeness (QED) is 0.194. The van der Waals surface area contributed by atoms with Gasteiger partial charge in [0.15, 0.2) is 5.69 Å². The highest BCUT2D eigenvalue weighted by molar-refractivity contribution is 5.99. The SMILES string of the molecule is Cc1ccccc1-n1nc(C(=O)N/N=C\c2cccc([N+](=O)[O-])c2)cc1-c1cccc2ccccc12. The van der Waals surface area contributed by atoms with Crippen LogP contribution < -0.4 is 5.43 Å². The predicted octanol–water partition coefficient (Wildman–Crippen LogP) is 5.67. The van der Waals surface area contributed by atoms with E-state index in [0.717, 1.165) is 33.3 Å². The molecule has 0 aliphatic heterocycles. The van der Waals surface area contributed by atoms with Crippen molar-refractivity contribution in [1.29, 1.82) is 0 Å². The Morgan fingerprint density at radius 3 is 2.56 bits per heavy atom. The largest absolute Gasteiger partial charge is 0.291 e. The molecule has 1 aromatic heterocycles. The number of para-hydroxylation sites is 1. The number of fused-ring (bicyclic) bond motifs is 1. The Hall–Kier alpha value is -5.11. The highest BCUT2D eigenvalue weighted by atomic mass is 16.6. The average molecular weight is 476 g/mol. The molecule has 36 heavy (non-hydrogen) atoms. The summed E-state index contributed by atoms with van der Waals surface area (Å²) in [5, 5.41) is 21.7. The first-order chi connectivity index (χ1) is 17.5. The minimum Gasteiger partial charge on any atom is -0.265 e. The Morgan fingerprint density at radius 2 is 1.72 bits per heavy atom. The highest BCUT2D eigenvalue weighted by Gasteiger charge is 2.19. The third kappa shape index (κ3) is 4.47. The second-order valence-electron chi connectivity index (χ2n) is 8.19. The Bertz CT molecular complexity index is 1630. The van der Waals surface area contributed by atoms with Crippen LogP contribution in [-0.4, -0.2) is 26.8 Å². The Kier molecular flexibility index (Phi) is 6.07. The fraction of sp³-hybridized carbons (Fsp3) is 0.0357. The van der Waals surface area contributed by atoms with E-state index in [1.165, 1.54) is 18.3 Å². The molecule has 0 spiro atoms. The first kappa shape index (κ1) is 22.7. The molecule has 0 saturated carbocycles. The molecule has 8 heteroatoms. The molecule has 0 unspecified atom stereocenters. The summed E-state index contributed by atoms with van der Waals surface area (Å²) in [6.07, 6.45) is 1.36. The molecule has 5 aromatic rings. The van der Waals surface area contributed by atoms with E-state index >= 15 is 0 Å². The van der Waals surface area contributed by atoms with Crippen molar-refractivity contribution in [2.45, 2.75) is 6.92 Å². The number of hydrogen-bond donors (Lipinski definition) is 1. The van der Waals surface area contributed by atoms with Gasteiger partial charge in [-0.3, -0.25) is 14.9 Å². The number of non-ortho nitro benzene ring substituents is 1. The van der Waals surface area contributed by atoms with Gasteiger partial charge < -0.3 is 0 Å². The zero-order valence-corrected chi connectivity index (χ0v) is 19.3. The minimum absolute atomic E-state index is 0.0537. The number of aryl methyl sites for hydroxylation is 1. The molecule has 176 valence electrons. The number of nitrogens with one attached hydrogen (secondary N) is 1. The molecule has 0 bridgehead atoms. The summed E-state index contributed by atoms with van der Waals surface area (Å²) in [6, 6.07) is 29.7. The molecule has 8 nitrogen and oxygen atoms in total.